The largest absolute Gasteiger partial charge is 0.327 e. The molecule has 2 aromatic carbocycles. The highest BCUT2D eigenvalue weighted by Gasteiger charge is 2.11. The van der Waals surface area contributed by atoms with Gasteiger partial charge < -0.3 is 11.5 Å². The molecule has 0 saturated heterocycles. The van der Waals surface area contributed by atoms with E-state index in [0.29, 0.717) is 18.4 Å². The molecule has 0 radical (unpaired) electrons. The van der Waals surface area contributed by atoms with E-state index in [1.807, 2.05) is 0 Å². The number of benzene rings is 2. The normalized spacial score (nSPS) is 12.7. The Balaban J connectivity index is 0. The second kappa shape index (κ2) is 19.4. The van der Waals surface area contributed by atoms with Crippen molar-refractivity contribution >= 4 is 43.4 Å². The summed E-state index contributed by atoms with van der Waals surface area (Å²) in [5.74, 6) is 0.978. The maximum atomic E-state index is 6.27. The fourth-order valence-corrected chi connectivity index (χ4v) is 3.46. The van der Waals surface area contributed by atoms with Gasteiger partial charge in [0, 0.05) is 18.3 Å². The number of hydrogen-bond donors (Lipinski definition) is 2. The van der Waals surface area contributed by atoms with Crippen LogP contribution in [-0.4, -0.2) is 24.8 Å². The number of nitrogens with zero attached hydrogens (tertiary/aromatic N) is 1. The minimum absolute atomic E-state index is 0. The number of aliphatic imine (C=N–C) groups is 1. The zero-order chi connectivity index (χ0) is 20.9. The van der Waals surface area contributed by atoms with Crippen LogP contribution in [0.3, 0.4) is 0 Å². The standard InChI is InChI=1S/C26H39N3.3ClH/c1-21(2)26(28)18-17-25(27)20-29-19-24(15-13-22-9-5-3-6-10-22)16-14-23-11-7-4-8-12-23;;;/h3-12,19,21,24-26H,13-18,20,27-28H2,1-2H3;3*1H. The lowest BCUT2D eigenvalue weighted by atomic mass is 9.94. The molecule has 2 aromatic rings. The van der Waals surface area contributed by atoms with Crippen molar-refractivity contribution in [2.45, 2.75) is 64.5 Å². The molecule has 0 spiro atoms. The fraction of sp³-hybridized carbons (Fsp3) is 0.500. The molecule has 0 fully saturated rings. The lowest BCUT2D eigenvalue weighted by molar-refractivity contribution is 0.431. The third-order valence-corrected chi connectivity index (χ3v) is 5.68. The predicted molar refractivity (Wildman–Crippen MR) is 148 cm³/mol. The lowest BCUT2D eigenvalue weighted by Crippen LogP contribution is -2.31. The molecule has 6 heteroatoms. The van der Waals surface area contributed by atoms with Gasteiger partial charge in [-0.15, -0.1) is 37.2 Å². The highest BCUT2D eigenvalue weighted by molar-refractivity contribution is 5.86. The lowest BCUT2D eigenvalue weighted by Gasteiger charge is -2.17. The SMILES string of the molecule is CC(C)C(N)CCC(N)CN=CC(CCc1ccccc1)CCc1ccccc1.Cl.Cl.Cl. The smallest absolute Gasteiger partial charge is 0.0537 e. The van der Waals surface area contributed by atoms with Crippen LogP contribution in [0.15, 0.2) is 65.7 Å². The molecule has 0 aliphatic rings. The molecule has 0 aliphatic heterocycles. The highest BCUT2D eigenvalue weighted by atomic mass is 35.5. The number of halogens is 3. The van der Waals surface area contributed by atoms with E-state index in [4.69, 9.17) is 16.5 Å². The van der Waals surface area contributed by atoms with Gasteiger partial charge >= 0.3 is 0 Å². The quantitative estimate of drug-likeness (QED) is 0.316. The summed E-state index contributed by atoms with van der Waals surface area (Å²) in [6, 6.07) is 21.8. The number of hydrogen-bond acceptors (Lipinski definition) is 3. The molecule has 2 unspecified atom stereocenters. The first kappa shape index (κ1) is 33.1. The van der Waals surface area contributed by atoms with E-state index in [-0.39, 0.29) is 49.3 Å². The summed E-state index contributed by atoms with van der Waals surface area (Å²) in [4.78, 5) is 4.73. The maximum absolute atomic E-state index is 6.27. The Kier molecular flexibility index (Phi) is 20.0. The molecular weight excluding hydrogens is 461 g/mol. The molecular formula is C26H42Cl3N3. The number of aryl methyl sites for hydroxylation is 2. The van der Waals surface area contributed by atoms with E-state index in [1.165, 1.54) is 11.1 Å². The number of nitrogens with two attached hydrogens (primary N) is 2. The molecule has 32 heavy (non-hydrogen) atoms. The average Bonchev–Trinajstić information content (AvgIpc) is 2.74. The first-order valence-electron chi connectivity index (χ1n) is 11.1. The van der Waals surface area contributed by atoms with E-state index in [0.717, 1.165) is 38.5 Å². The third kappa shape index (κ3) is 14.1. The second-order valence-corrected chi connectivity index (χ2v) is 8.57. The van der Waals surface area contributed by atoms with E-state index in [2.05, 4.69) is 80.7 Å². The van der Waals surface area contributed by atoms with Crippen LogP contribution in [0.5, 0.6) is 0 Å². The summed E-state index contributed by atoms with van der Waals surface area (Å²) in [5, 5.41) is 0. The average molecular weight is 503 g/mol. The molecule has 0 heterocycles. The molecule has 4 N–H and O–H groups in total. The number of rotatable bonds is 13. The Morgan fingerprint density at radius 1 is 0.719 bits per heavy atom. The minimum Gasteiger partial charge on any atom is -0.327 e. The molecule has 182 valence electrons. The van der Waals surface area contributed by atoms with Crippen molar-refractivity contribution in [3.63, 3.8) is 0 Å². The van der Waals surface area contributed by atoms with Gasteiger partial charge in [0.1, 0.15) is 0 Å². The van der Waals surface area contributed by atoms with Crippen LogP contribution in [0.25, 0.3) is 0 Å². The highest BCUT2D eigenvalue weighted by Crippen LogP contribution is 2.16. The zero-order valence-electron chi connectivity index (χ0n) is 19.4. The predicted octanol–water partition coefficient (Wildman–Crippen LogP) is 6.30. The van der Waals surface area contributed by atoms with Crippen molar-refractivity contribution in [3.8, 4) is 0 Å². The van der Waals surface area contributed by atoms with Gasteiger partial charge in [-0.1, -0.05) is 74.5 Å². The monoisotopic (exact) mass is 501 g/mol. The second-order valence-electron chi connectivity index (χ2n) is 8.57. The van der Waals surface area contributed by atoms with Gasteiger partial charge in [0.05, 0.1) is 6.54 Å². The maximum Gasteiger partial charge on any atom is 0.0537 e. The van der Waals surface area contributed by atoms with E-state index < -0.39 is 0 Å². The summed E-state index contributed by atoms with van der Waals surface area (Å²) in [5.41, 5.74) is 15.2. The molecule has 2 atom stereocenters. The van der Waals surface area contributed by atoms with Gasteiger partial charge in [0.25, 0.3) is 0 Å². The van der Waals surface area contributed by atoms with Crippen LogP contribution in [0.4, 0.5) is 0 Å². The molecule has 2 rings (SSSR count). The van der Waals surface area contributed by atoms with Crippen molar-refractivity contribution in [2.24, 2.45) is 28.3 Å². The van der Waals surface area contributed by atoms with Gasteiger partial charge in [-0.05, 0) is 61.5 Å². The van der Waals surface area contributed by atoms with Crippen molar-refractivity contribution in [1.82, 2.24) is 0 Å². The Labute approximate surface area is 214 Å². The van der Waals surface area contributed by atoms with E-state index >= 15 is 0 Å². The van der Waals surface area contributed by atoms with Crippen LogP contribution in [0.2, 0.25) is 0 Å². The molecule has 0 bridgehead atoms. The summed E-state index contributed by atoms with van der Waals surface area (Å²) in [7, 11) is 0. The first-order valence-corrected chi connectivity index (χ1v) is 11.1. The summed E-state index contributed by atoms with van der Waals surface area (Å²) in [6.45, 7) is 5.02. The fourth-order valence-electron chi connectivity index (χ4n) is 3.46. The van der Waals surface area contributed by atoms with Crippen LogP contribution < -0.4 is 11.5 Å². The van der Waals surface area contributed by atoms with Crippen molar-refractivity contribution in [1.29, 1.82) is 0 Å². The van der Waals surface area contributed by atoms with Crippen LogP contribution >= 0.6 is 37.2 Å². The summed E-state index contributed by atoms with van der Waals surface area (Å²) < 4.78 is 0. The molecule has 0 aliphatic carbocycles. The van der Waals surface area contributed by atoms with Crippen molar-refractivity contribution in [3.05, 3.63) is 71.8 Å². The van der Waals surface area contributed by atoms with Crippen LogP contribution in [0, 0.1) is 11.8 Å². The van der Waals surface area contributed by atoms with Gasteiger partial charge in [-0.25, -0.2) is 0 Å². The molecule has 0 aromatic heterocycles. The Hall–Kier alpha value is -1.10. The first-order chi connectivity index (χ1) is 14.0. The zero-order valence-corrected chi connectivity index (χ0v) is 21.9. The molecule has 3 nitrogen and oxygen atoms in total. The van der Waals surface area contributed by atoms with Crippen LogP contribution in [0.1, 0.15) is 50.7 Å². The third-order valence-electron chi connectivity index (χ3n) is 5.68. The Bertz CT molecular complexity index is 652. The van der Waals surface area contributed by atoms with Crippen LogP contribution in [-0.2, 0) is 12.8 Å². The topological polar surface area (TPSA) is 64.4 Å². The van der Waals surface area contributed by atoms with Gasteiger partial charge in [-0.2, -0.15) is 0 Å². The van der Waals surface area contributed by atoms with Crippen molar-refractivity contribution < 1.29 is 0 Å². The summed E-state index contributed by atoms with van der Waals surface area (Å²) in [6.07, 6.45) is 8.48. The van der Waals surface area contributed by atoms with E-state index in [1.54, 1.807) is 0 Å². The Morgan fingerprint density at radius 2 is 1.19 bits per heavy atom. The van der Waals surface area contributed by atoms with Crippen molar-refractivity contribution in [2.75, 3.05) is 6.54 Å². The summed E-state index contributed by atoms with van der Waals surface area (Å²) >= 11 is 0. The van der Waals surface area contributed by atoms with Gasteiger partial charge in [0.15, 0.2) is 0 Å². The molecule has 0 saturated carbocycles. The van der Waals surface area contributed by atoms with Gasteiger partial charge in [0.2, 0.25) is 0 Å². The minimum atomic E-state index is 0. The van der Waals surface area contributed by atoms with Gasteiger partial charge in [-0.3, -0.25) is 4.99 Å². The molecule has 0 amide bonds. The van der Waals surface area contributed by atoms with E-state index in [9.17, 15) is 0 Å². The Morgan fingerprint density at radius 3 is 1.62 bits per heavy atom.